The normalized spacial score (nSPS) is 31.6. The van der Waals surface area contributed by atoms with Gasteiger partial charge in [0.2, 0.25) is 5.13 Å². The highest BCUT2D eigenvalue weighted by molar-refractivity contribution is 7.09. The van der Waals surface area contributed by atoms with Crippen LogP contribution in [0.2, 0.25) is 0 Å². The van der Waals surface area contributed by atoms with Crippen molar-refractivity contribution in [3.05, 3.63) is 5.82 Å². The van der Waals surface area contributed by atoms with E-state index in [9.17, 15) is 0 Å². The van der Waals surface area contributed by atoms with Crippen molar-refractivity contribution < 1.29 is 0 Å². The van der Waals surface area contributed by atoms with Crippen LogP contribution in [0.15, 0.2) is 0 Å². The van der Waals surface area contributed by atoms with Crippen molar-refractivity contribution in [3.63, 3.8) is 0 Å². The summed E-state index contributed by atoms with van der Waals surface area (Å²) in [6, 6.07) is 0.417. The summed E-state index contributed by atoms with van der Waals surface area (Å²) in [7, 11) is 0. The number of hydrogen-bond donors (Lipinski definition) is 1. The number of hydrogen-bond acceptors (Lipinski definition) is 5. The van der Waals surface area contributed by atoms with E-state index >= 15 is 0 Å². The van der Waals surface area contributed by atoms with Crippen LogP contribution in [-0.2, 0) is 5.41 Å². The van der Waals surface area contributed by atoms with Crippen LogP contribution in [0.25, 0.3) is 0 Å². The Hall–Kier alpha value is -0.680. The minimum absolute atomic E-state index is 0.0452. The molecule has 106 valence electrons. The van der Waals surface area contributed by atoms with E-state index < -0.39 is 0 Å². The molecule has 0 spiro atoms. The van der Waals surface area contributed by atoms with Gasteiger partial charge in [0.05, 0.1) is 0 Å². The Morgan fingerprint density at radius 3 is 2.63 bits per heavy atom. The van der Waals surface area contributed by atoms with E-state index in [0.29, 0.717) is 6.04 Å². The van der Waals surface area contributed by atoms with Crippen LogP contribution in [0.4, 0.5) is 5.13 Å². The number of nitrogens with two attached hydrogens (primary N) is 1. The van der Waals surface area contributed by atoms with Gasteiger partial charge in [-0.05, 0) is 31.1 Å². The van der Waals surface area contributed by atoms with Crippen molar-refractivity contribution in [1.29, 1.82) is 0 Å². The van der Waals surface area contributed by atoms with Crippen molar-refractivity contribution in [2.75, 3.05) is 18.0 Å². The molecule has 2 aliphatic rings. The Kier molecular flexibility index (Phi) is 3.29. The van der Waals surface area contributed by atoms with Gasteiger partial charge in [-0.25, -0.2) is 4.98 Å². The maximum absolute atomic E-state index is 6.09. The summed E-state index contributed by atoms with van der Waals surface area (Å²) >= 11 is 1.55. The first-order valence-electron chi connectivity index (χ1n) is 7.28. The molecule has 4 nitrogen and oxygen atoms in total. The van der Waals surface area contributed by atoms with E-state index in [4.69, 9.17) is 10.7 Å². The van der Waals surface area contributed by atoms with Crippen LogP contribution in [0, 0.1) is 11.8 Å². The number of fused-ring (bicyclic) bond motifs is 1. The maximum Gasteiger partial charge on any atom is 0.205 e. The molecule has 1 saturated carbocycles. The zero-order chi connectivity index (χ0) is 13.6. The molecule has 1 aromatic rings. The van der Waals surface area contributed by atoms with E-state index in [1.807, 2.05) is 0 Å². The summed E-state index contributed by atoms with van der Waals surface area (Å²) in [6.45, 7) is 8.78. The highest BCUT2D eigenvalue weighted by Gasteiger charge is 2.38. The molecule has 0 radical (unpaired) electrons. The summed E-state index contributed by atoms with van der Waals surface area (Å²) in [5.74, 6) is 2.56. The number of anilines is 1. The van der Waals surface area contributed by atoms with Crippen LogP contribution >= 0.6 is 11.5 Å². The summed E-state index contributed by atoms with van der Waals surface area (Å²) in [5.41, 5.74) is 6.14. The number of aromatic nitrogens is 2. The van der Waals surface area contributed by atoms with Crippen LogP contribution in [0.5, 0.6) is 0 Å². The summed E-state index contributed by atoms with van der Waals surface area (Å²) in [6.07, 6.45) is 3.66. The molecule has 0 aromatic carbocycles. The van der Waals surface area contributed by atoms with Gasteiger partial charge in [-0.15, -0.1) is 0 Å². The topological polar surface area (TPSA) is 55.0 Å². The fourth-order valence-corrected chi connectivity index (χ4v) is 4.15. The van der Waals surface area contributed by atoms with Crippen molar-refractivity contribution in [1.82, 2.24) is 9.36 Å². The molecule has 2 heterocycles. The lowest BCUT2D eigenvalue weighted by Crippen LogP contribution is -2.32. The third-order valence-corrected chi connectivity index (χ3v) is 5.22. The average Bonchev–Trinajstić information content (AvgIpc) is 2.92. The quantitative estimate of drug-likeness (QED) is 0.858. The van der Waals surface area contributed by atoms with E-state index in [2.05, 4.69) is 30.0 Å². The Morgan fingerprint density at radius 2 is 1.95 bits per heavy atom. The van der Waals surface area contributed by atoms with Gasteiger partial charge in [0, 0.05) is 36.1 Å². The minimum Gasteiger partial charge on any atom is -0.346 e. The monoisotopic (exact) mass is 280 g/mol. The standard InChI is InChI=1S/C14H24N4S/c1-14(2,3)12-16-13(19-17-12)18-7-9-4-5-11(15)6-10(9)8-18/h9-11H,4-8,15H2,1-3H3/t9-,10+,11?/m1/s1. The van der Waals surface area contributed by atoms with E-state index in [-0.39, 0.29) is 5.41 Å². The highest BCUT2D eigenvalue weighted by atomic mass is 32.1. The SMILES string of the molecule is CC(C)(C)c1nsc(N2C[C@H]3CCC(N)C[C@H]3C2)n1. The lowest BCUT2D eigenvalue weighted by molar-refractivity contribution is 0.271. The van der Waals surface area contributed by atoms with Crippen molar-refractivity contribution in [3.8, 4) is 0 Å². The van der Waals surface area contributed by atoms with E-state index in [0.717, 1.165) is 35.9 Å². The van der Waals surface area contributed by atoms with Gasteiger partial charge in [0.1, 0.15) is 5.82 Å². The summed E-state index contributed by atoms with van der Waals surface area (Å²) in [5, 5.41) is 1.10. The number of nitrogens with zero attached hydrogens (tertiary/aromatic N) is 3. The fourth-order valence-electron chi connectivity index (χ4n) is 3.27. The first kappa shape index (κ1) is 13.3. The molecule has 1 unspecified atom stereocenters. The van der Waals surface area contributed by atoms with Gasteiger partial charge < -0.3 is 10.6 Å². The molecule has 0 amide bonds. The van der Waals surface area contributed by atoms with Gasteiger partial charge in [0.25, 0.3) is 0 Å². The Morgan fingerprint density at radius 1 is 1.21 bits per heavy atom. The van der Waals surface area contributed by atoms with Crippen LogP contribution in [0.3, 0.4) is 0 Å². The Labute approximate surface area is 119 Å². The molecular formula is C14H24N4S. The number of rotatable bonds is 1. The molecular weight excluding hydrogens is 256 g/mol. The van der Waals surface area contributed by atoms with Gasteiger partial charge in [-0.3, -0.25) is 0 Å². The van der Waals surface area contributed by atoms with Gasteiger partial charge >= 0.3 is 0 Å². The molecule has 19 heavy (non-hydrogen) atoms. The predicted octanol–water partition coefficient (Wildman–Crippen LogP) is 2.40. The Bertz CT molecular complexity index is 451. The zero-order valence-corrected chi connectivity index (χ0v) is 12.9. The predicted molar refractivity (Wildman–Crippen MR) is 79.6 cm³/mol. The van der Waals surface area contributed by atoms with Crippen LogP contribution < -0.4 is 10.6 Å². The summed E-state index contributed by atoms with van der Waals surface area (Å²) in [4.78, 5) is 7.17. The average molecular weight is 280 g/mol. The minimum atomic E-state index is 0.0452. The highest BCUT2D eigenvalue weighted by Crippen LogP contribution is 2.38. The lowest BCUT2D eigenvalue weighted by atomic mass is 9.79. The van der Waals surface area contributed by atoms with Crippen LogP contribution in [-0.4, -0.2) is 28.5 Å². The maximum atomic E-state index is 6.09. The van der Waals surface area contributed by atoms with Crippen LogP contribution in [0.1, 0.15) is 45.9 Å². The van der Waals surface area contributed by atoms with E-state index in [1.54, 1.807) is 11.5 Å². The van der Waals surface area contributed by atoms with E-state index in [1.165, 1.54) is 19.3 Å². The first-order valence-corrected chi connectivity index (χ1v) is 8.05. The second kappa shape index (κ2) is 4.70. The third-order valence-electron chi connectivity index (χ3n) is 4.45. The molecule has 5 heteroatoms. The molecule has 1 aliphatic heterocycles. The molecule has 3 rings (SSSR count). The lowest BCUT2D eigenvalue weighted by Gasteiger charge is -2.27. The molecule has 3 atom stereocenters. The molecule has 1 aliphatic carbocycles. The second-order valence-corrected chi connectivity index (χ2v) is 7.88. The molecule has 0 bridgehead atoms. The van der Waals surface area contributed by atoms with Crippen molar-refractivity contribution >= 4 is 16.7 Å². The largest absolute Gasteiger partial charge is 0.346 e. The molecule has 2 N–H and O–H groups in total. The molecule has 2 fully saturated rings. The second-order valence-electron chi connectivity index (χ2n) is 7.15. The molecule has 1 aromatic heterocycles. The van der Waals surface area contributed by atoms with Crippen molar-refractivity contribution in [2.24, 2.45) is 17.6 Å². The smallest absolute Gasteiger partial charge is 0.205 e. The van der Waals surface area contributed by atoms with Gasteiger partial charge in [-0.2, -0.15) is 4.37 Å². The Balaban J connectivity index is 1.72. The zero-order valence-electron chi connectivity index (χ0n) is 12.1. The van der Waals surface area contributed by atoms with Crippen molar-refractivity contribution in [2.45, 2.75) is 51.5 Å². The first-order chi connectivity index (χ1) is 8.93. The fraction of sp³-hybridized carbons (Fsp3) is 0.857. The van der Waals surface area contributed by atoms with Gasteiger partial charge in [-0.1, -0.05) is 20.8 Å². The summed E-state index contributed by atoms with van der Waals surface area (Å²) < 4.78 is 4.53. The molecule has 1 saturated heterocycles. The third kappa shape index (κ3) is 2.63. The van der Waals surface area contributed by atoms with Gasteiger partial charge in [0.15, 0.2) is 0 Å².